The van der Waals surface area contributed by atoms with Gasteiger partial charge in [-0.05, 0) is 30.4 Å². The largest absolute Gasteiger partial charge is 0.461 e. The minimum Gasteiger partial charge on any atom is -0.461 e. The molecule has 1 aliphatic heterocycles. The summed E-state index contributed by atoms with van der Waals surface area (Å²) < 4.78 is 16.9. The van der Waals surface area contributed by atoms with Gasteiger partial charge in [-0.25, -0.2) is 0 Å². The van der Waals surface area contributed by atoms with E-state index in [9.17, 15) is 4.79 Å². The molecule has 0 saturated heterocycles. The normalized spacial score (nSPS) is 13.0. The summed E-state index contributed by atoms with van der Waals surface area (Å²) >= 11 is 0. The van der Waals surface area contributed by atoms with Crippen molar-refractivity contribution in [3.05, 3.63) is 41.8 Å². The van der Waals surface area contributed by atoms with Crippen LogP contribution in [0.3, 0.4) is 0 Å². The SMILES string of the molecule is CCC(=O)/C=C\c1nnc2cc3c(cc2c1-c1ccc(CC)o1)OCO3. The van der Waals surface area contributed by atoms with Crippen LogP contribution in [0.15, 0.2) is 34.8 Å². The molecular weight excluding hydrogens is 332 g/mol. The molecule has 26 heavy (non-hydrogen) atoms. The standard InChI is InChI=1S/C20H18N2O4/c1-3-12(23)5-7-15-20(17-8-6-13(4-2)26-17)14-9-18-19(25-11-24-18)10-16(14)22-21-15/h5-10H,3-4,11H2,1-2H3/b7-5-. The molecule has 0 aliphatic carbocycles. The molecule has 6 nitrogen and oxygen atoms in total. The summed E-state index contributed by atoms with van der Waals surface area (Å²) in [6.45, 7) is 4.04. The Bertz CT molecular complexity index is 1020. The lowest BCUT2D eigenvalue weighted by molar-refractivity contribution is -0.114. The molecule has 0 fully saturated rings. The second-order valence-corrected chi connectivity index (χ2v) is 5.96. The third kappa shape index (κ3) is 2.83. The number of carbonyl (C=O) groups is 1. The van der Waals surface area contributed by atoms with E-state index in [1.54, 1.807) is 6.08 Å². The van der Waals surface area contributed by atoms with E-state index in [1.165, 1.54) is 6.08 Å². The monoisotopic (exact) mass is 350 g/mol. The number of nitrogens with zero attached hydrogens (tertiary/aromatic N) is 2. The molecule has 0 bridgehead atoms. The molecule has 3 heterocycles. The fourth-order valence-corrected chi connectivity index (χ4v) is 2.88. The van der Waals surface area contributed by atoms with Crippen molar-refractivity contribution in [3.8, 4) is 22.8 Å². The van der Waals surface area contributed by atoms with Gasteiger partial charge in [-0.1, -0.05) is 13.8 Å². The third-order valence-electron chi connectivity index (χ3n) is 4.31. The Labute approximate surface area is 150 Å². The van der Waals surface area contributed by atoms with Crippen LogP contribution in [0.2, 0.25) is 0 Å². The van der Waals surface area contributed by atoms with Crippen molar-refractivity contribution in [2.75, 3.05) is 6.79 Å². The first-order valence-corrected chi connectivity index (χ1v) is 8.59. The topological polar surface area (TPSA) is 74.5 Å². The van der Waals surface area contributed by atoms with Gasteiger partial charge in [-0.2, -0.15) is 0 Å². The first-order chi connectivity index (χ1) is 12.7. The summed E-state index contributed by atoms with van der Waals surface area (Å²) in [5.41, 5.74) is 2.04. The molecule has 2 aromatic heterocycles. The number of carbonyl (C=O) groups excluding carboxylic acids is 1. The zero-order chi connectivity index (χ0) is 18.1. The molecule has 3 aromatic rings. The number of hydrogen-bond acceptors (Lipinski definition) is 6. The molecule has 6 heteroatoms. The molecule has 0 saturated carbocycles. The lowest BCUT2D eigenvalue weighted by Gasteiger charge is -2.08. The first kappa shape index (κ1) is 16.3. The van der Waals surface area contributed by atoms with Crippen LogP contribution in [0.4, 0.5) is 0 Å². The molecule has 1 aromatic carbocycles. The van der Waals surface area contributed by atoms with Crippen LogP contribution in [0.25, 0.3) is 28.3 Å². The summed E-state index contributed by atoms with van der Waals surface area (Å²) in [7, 11) is 0. The molecule has 1 aliphatic rings. The number of allylic oxidation sites excluding steroid dienone is 1. The van der Waals surface area contributed by atoms with Crippen molar-refractivity contribution in [2.45, 2.75) is 26.7 Å². The predicted molar refractivity (Wildman–Crippen MR) is 97.1 cm³/mol. The van der Waals surface area contributed by atoms with E-state index in [-0.39, 0.29) is 12.6 Å². The molecular formula is C20H18N2O4. The fraction of sp³-hybridized carbons (Fsp3) is 0.250. The number of ether oxygens (including phenoxy) is 2. The van der Waals surface area contributed by atoms with Gasteiger partial charge >= 0.3 is 0 Å². The Morgan fingerprint density at radius 1 is 1.15 bits per heavy atom. The van der Waals surface area contributed by atoms with Crippen molar-refractivity contribution >= 4 is 22.8 Å². The smallest absolute Gasteiger partial charge is 0.231 e. The Hall–Kier alpha value is -3.15. The second-order valence-electron chi connectivity index (χ2n) is 5.96. The summed E-state index contributed by atoms with van der Waals surface area (Å²) in [6, 6.07) is 7.55. The zero-order valence-electron chi connectivity index (χ0n) is 14.6. The van der Waals surface area contributed by atoms with E-state index < -0.39 is 0 Å². The maximum Gasteiger partial charge on any atom is 0.231 e. The van der Waals surface area contributed by atoms with Gasteiger partial charge in [0.1, 0.15) is 11.5 Å². The van der Waals surface area contributed by atoms with Gasteiger partial charge in [0.25, 0.3) is 0 Å². The molecule has 0 amide bonds. The molecule has 4 rings (SSSR count). The van der Waals surface area contributed by atoms with Crippen LogP contribution >= 0.6 is 0 Å². The molecule has 0 unspecified atom stereocenters. The molecule has 0 spiro atoms. The van der Waals surface area contributed by atoms with Crippen LogP contribution < -0.4 is 9.47 Å². The summed E-state index contributed by atoms with van der Waals surface area (Å²) in [5.74, 6) is 2.90. The summed E-state index contributed by atoms with van der Waals surface area (Å²) in [4.78, 5) is 11.7. The van der Waals surface area contributed by atoms with Crippen molar-refractivity contribution < 1.29 is 18.7 Å². The van der Waals surface area contributed by atoms with Crippen molar-refractivity contribution in [1.82, 2.24) is 10.2 Å². The predicted octanol–water partition coefficient (Wildman–Crippen LogP) is 4.17. The van der Waals surface area contributed by atoms with Gasteiger partial charge in [0.2, 0.25) is 6.79 Å². The minimum atomic E-state index is 0.0252. The van der Waals surface area contributed by atoms with E-state index >= 15 is 0 Å². The first-order valence-electron chi connectivity index (χ1n) is 8.59. The van der Waals surface area contributed by atoms with Gasteiger partial charge < -0.3 is 13.9 Å². The van der Waals surface area contributed by atoms with Crippen molar-refractivity contribution in [3.63, 3.8) is 0 Å². The number of hydrogen-bond donors (Lipinski definition) is 0. The number of furan rings is 1. The van der Waals surface area contributed by atoms with Gasteiger partial charge in [0, 0.05) is 24.3 Å². The van der Waals surface area contributed by atoms with Crippen LogP contribution in [-0.2, 0) is 11.2 Å². The highest BCUT2D eigenvalue weighted by Crippen LogP contribution is 2.40. The number of rotatable bonds is 5. The van der Waals surface area contributed by atoms with Gasteiger partial charge in [-0.3, -0.25) is 4.79 Å². The lowest BCUT2D eigenvalue weighted by Crippen LogP contribution is -1.95. The van der Waals surface area contributed by atoms with Gasteiger partial charge in [0.15, 0.2) is 17.3 Å². The Kier molecular flexibility index (Phi) is 4.16. The third-order valence-corrected chi connectivity index (χ3v) is 4.31. The van der Waals surface area contributed by atoms with E-state index in [1.807, 2.05) is 38.1 Å². The Morgan fingerprint density at radius 3 is 2.69 bits per heavy atom. The minimum absolute atomic E-state index is 0.0252. The maximum atomic E-state index is 11.7. The summed E-state index contributed by atoms with van der Waals surface area (Å²) in [5, 5.41) is 9.43. The number of aryl methyl sites for hydroxylation is 1. The van der Waals surface area contributed by atoms with Gasteiger partial charge in [0.05, 0.1) is 16.8 Å². The maximum absolute atomic E-state index is 11.7. The van der Waals surface area contributed by atoms with Crippen LogP contribution in [-0.4, -0.2) is 22.8 Å². The quantitative estimate of drug-likeness (QED) is 0.643. The molecule has 132 valence electrons. The molecule has 0 radical (unpaired) electrons. The van der Waals surface area contributed by atoms with Crippen LogP contribution in [0.1, 0.15) is 31.7 Å². The van der Waals surface area contributed by atoms with Crippen LogP contribution in [0.5, 0.6) is 11.5 Å². The number of ketones is 1. The Balaban J connectivity index is 1.95. The van der Waals surface area contributed by atoms with Gasteiger partial charge in [-0.15, -0.1) is 10.2 Å². The van der Waals surface area contributed by atoms with E-state index in [2.05, 4.69) is 10.2 Å². The fourth-order valence-electron chi connectivity index (χ4n) is 2.88. The molecule has 0 atom stereocenters. The number of benzene rings is 1. The Morgan fingerprint density at radius 2 is 1.96 bits per heavy atom. The number of aromatic nitrogens is 2. The van der Waals surface area contributed by atoms with E-state index in [0.717, 1.165) is 23.1 Å². The van der Waals surface area contributed by atoms with Crippen LogP contribution in [0, 0.1) is 0 Å². The highest BCUT2D eigenvalue weighted by Gasteiger charge is 2.20. The second kappa shape index (κ2) is 6.63. The number of fused-ring (bicyclic) bond motifs is 2. The van der Waals surface area contributed by atoms with E-state index in [4.69, 9.17) is 13.9 Å². The van der Waals surface area contributed by atoms with Crippen molar-refractivity contribution in [1.29, 1.82) is 0 Å². The highest BCUT2D eigenvalue weighted by molar-refractivity contribution is 6.00. The van der Waals surface area contributed by atoms with Crippen molar-refractivity contribution in [2.24, 2.45) is 0 Å². The van der Waals surface area contributed by atoms with E-state index in [0.29, 0.717) is 34.9 Å². The zero-order valence-corrected chi connectivity index (χ0v) is 14.6. The molecule has 0 N–H and O–H groups in total. The summed E-state index contributed by atoms with van der Waals surface area (Å²) in [6.07, 6.45) is 4.44. The average molecular weight is 350 g/mol. The average Bonchev–Trinajstić information content (AvgIpc) is 3.32. The lowest BCUT2D eigenvalue weighted by atomic mass is 10.0. The highest BCUT2D eigenvalue weighted by atomic mass is 16.7.